The molecule has 3 heteroatoms. The van der Waals surface area contributed by atoms with Crippen LogP contribution in [-0.4, -0.2) is 30.7 Å². The SMILES string of the molecule is [SiH3]C#Cc1cccc(C#C[SiH3])c1C#C[SiH3]. The summed E-state index contributed by atoms with van der Waals surface area (Å²) in [6.07, 6.45) is 0. The van der Waals surface area contributed by atoms with Crippen molar-refractivity contribution < 1.29 is 0 Å². The van der Waals surface area contributed by atoms with Crippen molar-refractivity contribution >= 4 is 30.7 Å². The van der Waals surface area contributed by atoms with Gasteiger partial charge in [-0.1, -0.05) is 23.8 Å². The fourth-order valence-corrected chi connectivity index (χ4v) is 2.08. The number of hydrogen-bond donors (Lipinski definition) is 0. The van der Waals surface area contributed by atoms with Crippen LogP contribution in [0, 0.1) is 34.4 Å². The van der Waals surface area contributed by atoms with Crippen LogP contribution in [0.4, 0.5) is 0 Å². The highest BCUT2D eigenvalue weighted by Crippen LogP contribution is 2.11. The molecule has 1 aromatic rings. The molecule has 0 amide bonds. The highest BCUT2D eigenvalue weighted by Gasteiger charge is 2.01. The second kappa shape index (κ2) is 6.11. The molecule has 1 rings (SSSR count). The van der Waals surface area contributed by atoms with E-state index in [0.29, 0.717) is 0 Å². The third-order valence-electron chi connectivity index (χ3n) is 1.83. The van der Waals surface area contributed by atoms with Gasteiger partial charge in [0.05, 0.1) is 36.3 Å². The highest BCUT2D eigenvalue weighted by atomic mass is 28.2. The number of hydrogen-bond acceptors (Lipinski definition) is 0. The minimum atomic E-state index is 0.888. The summed E-state index contributed by atoms with van der Waals surface area (Å²) in [6, 6.07) is 6.04. The van der Waals surface area contributed by atoms with Gasteiger partial charge < -0.3 is 0 Å². The van der Waals surface area contributed by atoms with Crippen LogP contribution < -0.4 is 0 Å². The molecule has 0 radical (unpaired) electrons. The zero-order valence-electron chi connectivity index (χ0n) is 9.23. The lowest BCUT2D eigenvalue weighted by atomic mass is 10.0. The predicted molar refractivity (Wildman–Crippen MR) is 76.9 cm³/mol. The third-order valence-corrected chi connectivity index (χ3v) is 2.58. The van der Waals surface area contributed by atoms with Gasteiger partial charge in [0.15, 0.2) is 0 Å². The molecular weight excluding hydrogens is 228 g/mol. The molecule has 15 heavy (non-hydrogen) atoms. The molecule has 0 spiro atoms. The first-order chi connectivity index (χ1) is 7.33. The molecule has 0 aliphatic heterocycles. The van der Waals surface area contributed by atoms with E-state index in [9.17, 15) is 0 Å². The van der Waals surface area contributed by atoms with Crippen molar-refractivity contribution in [2.24, 2.45) is 0 Å². The number of benzene rings is 1. The molecule has 0 aliphatic carbocycles. The average molecular weight is 240 g/mol. The van der Waals surface area contributed by atoms with E-state index < -0.39 is 0 Å². The molecule has 0 atom stereocenters. The summed E-state index contributed by atoms with van der Waals surface area (Å²) >= 11 is 0. The van der Waals surface area contributed by atoms with E-state index in [1.54, 1.807) is 0 Å². The topological polar surface area (TPSA) is 0 Å². The Morgan fingerprint density at radius 3 is 1.60 bits per heavy atom. The van der Waals surface area contributed by atoms with Crippen molar-refractivity contribution in [2.75, 3.05) is 0 Å². The Hall–Kier alpha value is -1.45. The Balaban J connectivity index is 3.47. The fraction of sp³-hybridized carbons (Fsp3) is 0. The van der Waals surface area contributed by atoms with E-state index in [4.69, 9.17) is 0 Å². The Morgan fingerprint density at radius 1 is 0.733 bits per heavy atom. The third kappa shape index (κ3) is 3.01. The molecule has 0 aromatic heterocycles. The molecule has 0 heterocycles. The standard InChI is InChI=1S/C12H12Si3/c13-7-4-10-2-1-3-11(5-8-14)12(10)6-9-15/h1-3H,13-15H3. The van der Waals surface area contributed by atoms with E-state index in [-0.39, 0.29) is 0 Å². The number of rotatable bonds is 0. The molecule has 0 saturated carbocycles. The lowest BCUT2D eigenvalue weighted by molar-refractivity contribution is 1.54. The van der Waals surface area contributed by atoms with Gasteiger partial charge in [0.2, 0.25) is 0 Å². The van der Waals surface area contributed by atoms with Crippen molar-refractivity contribution in [1.82, 2.24) is 0 Å². The summed E-state index contributed by atoms with van der Waals surface area (Å²) in [6.45, 7) is 0. The van der Waals surface area contributed by atoms with Gasteiger partial charge in [-0.25, -0.2) is 0 Å². The van der Waals surface area contributed by atoms with Gasteiger partial charge in [0.1, 0.15) is 0 Å². The molecular formula is C12H12Si3. The first kappa shape index (κ1) is 11.6. The van der Waals surface area contributed by atoms with Crippen LogP contribution in [0.1, 0.15) is 16.7 Å². The molecule has 0 unspecified atom stereocenters. The van der Waals surface area contributed by atoms with Crippen LogP contribution in [0.5, 0.6) is 0 Å². The maximum absolute atomic E-state index is 3.15. The van der Waals surface area contributed by atoms with Gasteiger partial charge in [-0.2, -0.15) is 0 Å². The molecule has 0 saturated heterocycles. The maximum Gasteiger partial charge on any atom is 0.0911 e. The highest BCUT2D eigenvalue weighted by molar-refractivity contribution is 6.23. The van der Waals surface area contributed by atoms with Crippen LogP contribution in [-0.2, 0) is 0 Å². The summed E-state index contributed by atoms with van der Waals surface area (Å²) in [7, 11) is 2.68. The molecule has 1 aromatic carbocycles. The lowest BCUT2D eigenvalue weighted by Crippen LogP contribution is -1.89. The smallest absolute Gasteiger partial charge is 0.0911 e. The second-order valence-corrected chi connectivity index (χ2v) is 4.35. The van der Waals surface area contributed by atoms with E-state index in [2.05, 4.69) is 34.4 Å². The van der Waals surface area contributed by atoms with E-state index >= 15 is 0 Å². The van der Waals surface area contributed by atoms with Crippen LogP contribution in [0.15, 0.2) is 18.2 Å². The predicted octanol–water partition coefficient (Wildman–Crippen LogP) is -2.29. The van der Waals surface area contributed by atoms with Crippen LogP contribution in [0.2, 0.25) is 0 Å². The zero-order chi connectivity index (χ0) is 11.1. The Kier molecular flexibility index (Phi) is 4.74. The average Bonchev–Trinajstić information content (AvgIpc) is 2.23. The van der Waals surface area contributed by atoms with Gasteiger partial charge in [0.25, 0.3) is 0 Å². The van der Waals surface area contributed by atoms with Crippen molar-refractivity contribution in [3.63, 3.8) is 0 Å². The van der Waals surface area contributed by atoms with Crippen LogP contribution >= 0.6 is 0 Å². The molecule has 0 aliphatic rings. The minimum absolute atomic E-state index is 0.888. The van der Waals surface area contributed by atoms with Crippen molar-refractivity contribution in [3.8, 4) is 34.4 Å². The van der Waals surface area contributed by atoms with Crippen molar-refractivity contribution in [2.45, 2.75) is 0 Å². The summed E-state index contributed by atoms with van der Waals surface area (Å²) in [5, 5.41) is 0. The summed E-state index contributed by atoms with van der Waals surface area (Å²) in [5.74, 6) is 9.41. The molecule has 72 valence electrons. The largest absolute Gasteiger partial charge is 0.138 e. The van der Waals surface area contributed by atoms with Crippen molar-refractivity contribution in [1.29, 1.82) is 0 Å². The molecule has 0 bridgehead atoms. The quantitative estimate of drug-likeness (QED) is 0.354. The van der Waals surface area contributed by atoms with E-state index in [1.165, 1.54) is 0 Å². The monoisotopic (exact) mass is 240 g/mol. The summed E-state index contributed by atoms with van der Waals surface area (Å²) in [4.78, 5) is 0. The van der Waals surface area contributed by atoms with Crippen LogP contribution in [0.25, 0.3) is 0 Å². The normalized spacial score (nSPS) is 8.00. The molecule has 0 fully saturated rings. The summed E-state index contributed by atoms with van der Waals surface area (Å²) in [5.41, 5.74) is 12.2. The first-order valence-electron chi connectivity index (χ1n) is 4.74. The first-order valence-corrected chi connectivity index (χ1v) is 7.74. The zero-order valence-corrected chi connectivity index (χ0v) is 15.2. The van der Waals surface area contributed by atoms with Crippen LogP contribution in [0.3, 0.4) is 0 Å². The van der Waals surface area contributed by atoms with Gasteiger partial charge in [-0.3, -0.25) is 0 Å². The Labute approximate surface area is 100 Å². The van der Waals surface area contributed by atoms with Gasteiger partial charge in [-0.15, -0.1) is 16.6 Å². The van der Waals surface area contributed by atoms with Crippen molar-refractivity contribution in [3.05, 3.63) is 34.9 Å². The van der Waals surface area contributed by atoms with E-state index in [0.717, 1.165) is 47.4 Å². The fourth-order valence-electron chi connectivity index (χ4n) is 1.29. The second-order valence-electron chi connectivity index (χ2n) is 2.85. The Morgan fingerprint density at radius 2 is 1.20 bits per heavy atom. The maximum atomic E-state index is 3.15. The lowest BCUT2D eigenvalue weighted by Gasteiger charge is -2.00. The van der Waals surface area contributed by atoms with Gasteiger partial charge >= 0.3 is 0 Å². The minimum Gasteiger partial charge on any atom is -0.138 e. The summed E-state index contributed by atoms with van der Waals surface area (Å²) < 4.78 is 0. The van der Waals surface area contributed by atoms with E-state index in [1.807, 2.05) is 18.2 Å². The molecule has 0 nitrogen and oxygen atoms in total. The molecule has 0 N–H and O–H groups in total. The van der Waals surface area contributed by atoms with Gasteiger partial charge in [0, 0.05) is 11.1 Å². The Bertz CT molecular complexity index is 501. The van der Waals surface area contributed by atoms with Gasteiger partial charge in [-0.05, 0) is 12.1 Å².